The maximum atomic E-state index is 13.7. The van der Waals surface area contributed by atoms with Crippen molar-refractivity contribution in [1.29, 1.82) is 0 Å². The first-order valence-corrected chi connectivity index (χ1v) is 7.54. The van der Waals surface area contributed by atoms with Crippen molar-refractivity contribution >= 4 is 34.0 Å². The van der Waals surface area contributed by atoms with Gasteiger partial charge in [0.05, 0.1) is 5.02 Å². The molecule has 0 aromatic heterocycles. The normalized spacial score (nSPS) is 19.8. The van der Waals surface area contributed by atoms with Crippen LogP contribution in [-0.2, 0) is 10.0 Å². The zero-order valence-electron chi connectivity index (χ0n) is 10.0. The Balaban J connectivity index is 0.00000180. The second-order valence-corrected chi connectivity index (χ2v) is 6.31. The van der Waals surface area contributed by atoms with E-state index in [9.17, 15) is 12.8 Å². The van der Waals surface area contributed by atoms with Gasteiger partial charge in [-0.3, -0.25) is 0 Å². The molecule has 1 heterocycles. The predicted molar refractivity (Wildman–Crippen MR) is 74.9 cm³/mol. The predicted octanol–water partition coefficient (Wildman–Crippen LogP) is 1.93. The van der Waals surface area contributed by atoms with Crippen LogP contribution in [0.4, 0.5) is 4.39 Å². The molecule has 0 amide bonds. The number of hydrogen-bond donors (Lipinski definition) is 2. The van der Waals surface area contributed by atoms with Crippen molar-refractivity contribution < 1.29 is 12.8 Å². The van der Waals surface area contributed by atoms with E-state index in [-0.39, 0.29) is 23.5 Å². The number of piperidine rings is 1. The van der Waals surface area contributed by atoms with Gasteiger partial charge in [0.2, 0.25) is 10.0 Å². The monoisotopic (exact) mass is 328 g/mol. The summed E-state index contributed by atoms with van der Waals surface area (Å²) in [5.74, 6) is -0.907. The van der Waals surface area contributed by atoms with Crippen LogP contribution in [0.1, 0.15) is 12.8 Å². The van der Waals surface area contributed by atoms with Crippen LogP contribution in [0, 0.1) is 5.82 Å². The highest BCUT2D eigenvalue weighted by Crippen LogP contribution is 2.22. The molecule has 1 unspecified atom stereocenters. The summed E-state index contributed by atoms with van der Waals surface area (Å²) in [7, 11) is -3.86. The van der Waals surface area contributed by atoms with Gasteiger partial charge in [-0.2, -0.15) is 0 Å². The minimum absolute atomic E-state index is 0. The van der Waals surface area contributed by atoms with Crippen LogP contribution in [-0.4, -0.2) is 27.5 Å². The smallest absolute Gasteiger partial charge is 0.243 e. The van der Waals surface area contributed by atoms with Gasteiger partial charge in [0.1, 0.15) is 4.90 Å². The van der Waals surface area contributed by atoms with Crippen LogP contribution in [0.25, 0.3) is 0 Å². The zero-order chi connectivity index (χ0) is 13.2. The van der Waals surface area contributed by atoms with Crippen LogP contribution < -0.4 is 10.0 Å². The summed E-state index contributed by atoms with van der Waals surface area (Å²) in [5, 5.41) is 2.89. The third kappa shape index (κ3) is 4.03. The molecule has 1 fully saturated rings. The molecule has 1 atom stereocenters. The lowest BCUT2D eigenvalue weighted by Gasteiger charge is -2.23. The van der Waals surface area contributed by atoms with Crippen molar-refractivity contribution in [3.05, 3.63) is 29.0 Å². The molecule has 1 aliphatic heterocycles. The van der Waals surface area contributed by atoms with Crippen LogP contribution >= 0.6 is 24.0 Å². The summed E-state index contributed by atoms with van der Waals surface area (Å²) in [6, 6.07) is 3.74. The van der Waals surface area contributed by atoms with Crippen LogP contribution in [0.5, 0.6) is 0 Å². The number of hydrogen-bond acceptors (Lipinski definition) is 3. The molecule has 1 saturated heterocycles. The minimum Gasteiger partial charge on any atom is -0.315 e. The van der Waals surface area contributed by atoms with Gasteiger partial charge in [-0.05, 0) is 31.5 Å². The van der Waals surface area contributed by atoms with Gasteiger partial charge in [-0.15, -0.1) is 12.4 Å². The Morgan fingerprint density at radius 1 is 1.42 bits per heavy atom. The Kier molecular flexibility index (Phi) is 6.01. The van der Waals surface area contributed by atoms with Crippen molar-refractivity contribution in [1.82, 2.24) is 10.0 Å². The fraction of sp³-hybridized carbons (Fsp3) is 0.455. The maximum Gasteiger partial charge on any atom is 0.243 e. The lowest BCUT2D eigenvalue weighted by molar-refractivity contribution is 0.427. The molecule has 0 saturated carbocycles. The standard InChI is InChI=1S/C11H14ClFN2O2S.ClH/c12-9-4-1-5-10(11(9)13)18(16,17)15-8-3-2-6-14-7-8;/h1,4-5,8,14-15H,2-3,6-7H2;1H. The summed E-state index contributed by atoms with van der Waals surface area (Å²) in [5.41, 5.74) is 0. The molecule has 2 rings (SSSR count). The second-order valence-electron chi connectivity index (χ2n) is 4.22. The maximum absolute atomic E-state index is 13.7. The van der Waals surface area contributed by atoms with E-state index in [4.69, 9.17) is 11.6 Å². The Hall–Kier alpha value is -0.400. The van der Waals surface area contributed by atoms with Gasteiger partial charge in [0.15, 0.2) is 5.82 Å². The first kappa shape index (κ1) is 16.7. The van der Waals surface area contributed by atoms with Gasteiger partial charge in [0.25, 0.3) is 0 Å². The number of benzene rings is 1. The van der Waals surface area contributed by atoms with Crippen molar-refractivity contribution in [3.8, 4) is 0 Å². The highest BCUT2D eigenvalue weighted by molar-refractivity contribution is 7.89. The topological polar surface area (TPSA) is 58.2 Å². The quantitative estimate of drug-likeness (QED) is 0.891. The molecule has 108 valence electrons. The average molecular weight is 329 g/mol. The van der Waals surface area contributed by atoms with Crippen molar-refractivity contribution in [2.24, 2.45) is 0 Å². The first-order valence-electron chi connectivity index (χ1n) is 5.68. The van der Waals surface area contributed by atoms with Gasteiger partial charge in [-0.1, -0.05) is 17.7 Å². The molecule has 0 aliphatic carbocycles. The summed E-state index contributed by atoms with van der Waals surface area (Å²) >= 11 is 5.58. The molecule has 2 N–H and O–H groups in total. The third-order valence-electron chi connectivity index (χ3n) is 2.82. The van der Waals surface area contributed by atoms with Gasteiger partial charge < -0.3 is 5.32 Å². The van der Waals surface area contributed by atoms with Gasteiger partial charge in [0, 0.05) is 12.6 Å². The Bertz CT molecular complexity index is 533. The molecule has 0 spiro atoms. The van der Waals surface area contributed by atoms with Crippen LogP contribution in [0.3, 0.4) is 0 Å². The van der Waals surface area contributed by atoms with Crippen molar-refractivity contribution in [3.63, 3.8) is 0 Å². The molecule has 8 heteroatoms. The minimum atomic E-state index is -3.86. The second kappa shape index (κ2) is 6.85. The lowest BCUT2D eigenvalue weighted by Crippen LogP contribution is -2.45. The van der Waals surface area contributed by atoms with Crippen LogP contribution in [0.15, 0.2) is 23.1 Å². The third-order valence-corrected chi connectivity index (χ3v) is 4.65. The summed E-state index contributed by atoms with van der Waals surface area (Å²) in [6.07, 6.45) is 1.64. The lowest BCUT2D eigenvalue weighted by atomic mass is 10.1. The van der Waals surface area contributed by atoms with E-state index < -0.39 is 20.7 Å². The Morgan fingerprint density at radius 2 is 2.16 bits per heavy atom. The van der Waals surface area contributed by atoms with Gasteiger partial charge in [-0.25, -0.2) is 17.5 Å². The summed E-state index contributed by atoms with van der Waals surface area (Å²) < 4.78 is 40.2. The van der Waals surface area contributed by atoms with E-state index in [0.717, 1.165) is 19.4 Å². The van der Waals surface area contributed by atoms with Gasteiger partial charge >= 0.3 is 0 Å². The summed E-state index contributed by atoms with van der Waals surface area (Å²) in [4.78, 5) is -0.402. The first-order chi connectivity index (χ1) is 8.50. The van der Waals surface area contributed by atoms with Crippen molar-refractivity contribution in [2.75, 3.05) is 13.1 Å². The Morgan fingerprint density at radius 3 is 2.79 bits per heavy atom. The van der Waals surface area contributed by atoms with E-state index in [0.29, 0.717) is 6.54 Å². The SMILES string of the molecule is Cl.O=S(=O)(NC1CCCNC1)c1cccc(Cl)c1F. The Labute approximate surface area is 123 Å². The molecule has 4 nitrogen and oxygen atoms in total. The highest BCUT2D eigenvalue weighted by Gasteiger charge is 2.25. The van der Waals surface area contributed by atoms with E-state index in [1.165, 1.54) is 18.2 Å². The fourth-order valence-corrected chi connectivity index (χ4v) is 3.53. The zero-order valence-corrected chi connectivity index (χ0v) is 12.4. The molecule has 1 aromatic rings. The summed E-state index contributed by atoms with van der Waals surface area (Å²) in [6.45, 7) is 1.44. The van der Waals surface area contributed by atoms with E-state index >= 15 is 0 Å². The average Bonchev–Trinajstić information content (AvgIpc) is 2.33. The molecule has 0 bridgehead atoms. The number of nitrogens with one attached hydrogen (secondary N) is 2. The van der Waals surface area contributed by atoms with E-state index in [2.05, 4.69) is 10.0 Å². The highest BCUT2D eigenvalue weighted by atomic mass is 35.5. The van der Waals surface area contributed by atoms with E-state index in [1.807, 2.05) is 0 Å². The van der Waals surface area contributed by atoms with Crippen molar-refractivity contribution in [2.45, 2.75) is 23.8 Å². The largest absolute Gasteiger partial charge is 0.315 e. The molecule has 1 aliphatic rings. The fourth-order valence-electron chi connectivity index (χ4n) is 1.93. The number of sulfonamides is 1. The van der Waals surface area contributed by atoms with Crippen LogP contribution in [0.2, 0.25) is 5.02 Å². The van der Waals surface area contributed by atoms with E-state index in [1.54, 1.807) is 0 Å². The number of halogens is 3. The molecule has 0 radical (unpaired) electrons. The number of rotatable bonds is 3. The molecular formula is C11H15Cl2FN2O2S. The molecule has 19 heavy (non-hydrogen) atoms. The molecule has 1 aromatic carbocycles. The molecular weight excluding hydrogens is 314 g/mol.